The van der Waals surface area contributed by atoms with E-state index in [9.17, 15) is 14.4 Å². The summed E-state index contributed by atoms with van der Waals surface area (Å²) in [7, 11) is 0. The summed E-state index contributed by atoms with van der Waals surface area (Å²) >= 11 is 0. The summed E-state index contributed by atoms with van der Waals surface area (Å²) < 4.78 is 31.7. The molecule has 0 fully saturated rings. The summed E-state index contributed by atoms with van der Waals surface area (Å²) in [5, 5.41) is 0. The topological polar surface area (TPSA) is 78.9 Å². The fraction of sp³-hybridized carbons (Fsp3) is 0.250. The Labute approximate surface area is 251 Å². The minimum atomic E-state index is -0.684. The van der Waals surface area contributed by atoms with E-state index in [1.807, 2.05) is 18.2 Å². The van der Waals surface area contributed by atoms with Crippen molar-refractivity contribution in [2.45, 2.75) is 52.9 Å². The lowest BCUT2D eigenvalue weighted by Gasteiger charge is -2.16. The van der Waals surface area contributed by atoms with E-state index in [4.69, 9.17) is 14.2 Å². The van der Waals surface area contributed by atoms with E-state index < -0.39 is 11.9 Å². The Hall–Kier alpha value is -4.78. The van der Waals surface area contributed by atoms with Crippen molar-refractivity contribution in [2.75, 3.05) is 6.61 Å². The number of hydrogen-bond donors (Lipinski definition) is 0. The lowest BCUT2D eigenvalue weighted by atomic mass is 9.91. The molecule has 43 heavy (non-hydrogen) atoms. The number of fused-ring (bicyclic) bond motifs is 1. The first kappa shape index (κ1) is 31.2. The molecule has 4 rings (SSSR count). The van der Waals surface area contributed by atoms with Gasteiger partial charge in [-0.15, -0.1) is 0 Å². The summed E-state index contributed by atoms with van der Waals surface area (Å²) in [6.45, 7) is 15.7. The van der Waals surface area contributed by atoms with Gasteiger partial charge in [-0.25, -0.2) is 18.8 Å². The van der Waals surface area contributed by atoms with Gasteiger partial charge in [0, 0.05) is 22.3 Å². The summed E-state index contributed by atoms with van der Waals surface area (Å²) in [5.41, 5.74) is 6.83. The normalized spacial score (nSPS) is 11.8. The number of aryl methyl sites for hydroxylation is 1. The van der Waals surface area contributed by atoms with E-state index in [-0.39, 0.29) is 34.4 Å². The molecule has 0 saturated heterocycles. The fourth-order valence-corrected chi connectivity index (χ4v) is 4.96. The molecule has 0 aromatic heterocycles. The Bertz CT molecular complexity index is 1650. The van der Waals surface area contributed by atoms with Gasteiger partial charge in [-0.2, -0.15) is 0 Å². The summed E-state index contributed by atoms with van der Waals surface area (Å²) in [6.07, 6.45) is 4.26. The highest BCUT2D eigenvalue weighted by molar-refractivity contribution is 5.91. The second-order valence-electron chi connectivity index (χ2n) is 10.8. The van der Waals surface area contributed by atoms with Gasteiger partial charge in [-0.05, 0) is 104 Å². The van der Waals surface area contributed by atoms with Crippen LogP contribution in [0.2, 0.25) is 0 Å². The maximum atomic E-state index is 15.7. The van der Waals surface area contributed by atoms with Crippen molar-refractivity contribution in [3.8, 4) is 33.8 Å². The van der Waals surface area contributed by atoms with Crippen molar-refractivity contribution in [3.63, 3.8) is 0 Å². The molecule has 0 aliphatic heterocycles. The fourth-order valence-electron chi connectivity index (χ4n) is 4.96. The number of halogens is 1. The molecule has 7 heteroatoms. The molecule has 222 valence electrons. The van der Waals surface area contributed by atoms with Gasteiger partial charge in [0.25, 0.3) is 0 Å². The molecule has 3 aromatic carbocycles. The Morgan fingerprint density at radius 2 is 1.30 bits per heavy atom. The third-order valence-electron chi connectivity index (χ3n) is 7.19. The first-order valence-electron chi connectivity index (χ1n) is 14.1. The number of ether oxygens (including phenoxy) is 3. The molecular formula is C36H35FO6. The van der Waals surface area contributed by atoms with Gasteiger partial charge < -0.3 is 14.2 Å². The molecule has 0 atom stereocenters. The largest absolute Gasteiger partial charge is 0.462 e. The molecule has 0 amide bonds. The number of carbonyl (C=O) groups is 3. The number of benzene rings is 3. The van der Waals surface area contributed by atoms with E-state index in [1.165, 1.54) is 43.2 Å². The van der Waals surface area contributed by atoms with Crippen LogP contribution in [0.5, 0.6) is 11.5 Å². The lowest BCUT2D eigenvalue weighted by molar-refractivity contribution is -0.139. The van der Waals surface area contributed by atoms with Gasteiger partial charge >= 0.3 is 17.9 Å². The van der Waals surface area contributed by atoms with Gasteiger partial charge in [-0.1, -0.05) is 50.1 Å². The van der Waals surface area contributed by atoms with Gasteiger partial charge in [0.05, 0.1) is 6.61 Å². The molecule has 0 saturated carbocycles. The minimum absolute atomic E-state index is 0.00684. The highest BCUT2D eigenvalue weighted by Crippen LogP contribution is 2.39. The molecule has 0 bridgehead atoms. The van der Waals surface area contributed by atoms with Gasteiger partial charge in [0.1, 0.15) is 5.82 Å². The van der Waals surface area contributed by atoms with Crippen molar-refractivity contribution >= 4 is 17.9 Å². The number of esters is 3. The van der Waals surface area contributed by atoms with E-state index in [1.54, 1.807) is 19.1 Å². The molecule has 0 N–H and O–H groups in total. The Morgan fingerprint density at radius 1 is 0.721 bits per heavy atom. The molecule has 6 nitrogen and oxygen atoms in total. The Morgan fingerprint density at radius 3 is 1.95 bits per heavy atom. The average Bonchev–Trinajstić information content (AvgIpc) is 3.46. The second-order valence-corrected chi connectivity index (χ2v) is 10.8. The molecular weight excluding hydrogens is 547 g/mol. The van der Waals surface area contributed by atoms with Crippen LogP contribution in [0.15, 0.2) is 85.0 Å². The van der Waals surface area contributed by atoms with Crippen molar-refractivity contribution < 1.29 is 33.0 Å². The smallest absolute Gasteiger partial charge is 0.338 e. The quantitative estimate of drug-likeness (QED) is 0.1000. The van der Waals surface area contributed by atoms with Crippen LogP contribution in [0.1, 0.15) is 50.3 Å². The van der Waals surface area contributed by atoms with Crippen LogP contribution < -0.4 is 9.47 Å². The van der Waals surface area contributed by atoms with E-state index in [2.05, 4.69) is 19.7 Å². The first-order valence-corrected chi connectivity index (χ1v) is 14.1. The second kappa shape index (κ2) is 13.5. The number of rotatable bonds is 11. The van der Waals surface area contributed by atoms with Crippen LogP contribution in [-0.4, -0.2) is 24.5 Å². The zero-order valence-corrected chi connectivity index (χ0v) is 24.8. The first-order chi connectivity index (χ1) is 20.5. The summed E-state index contributed by atoms with van der Waals surface area (Å²) in [6, 6.07) is 13.7. The standard InChI is InChI=1S/C36H35FO6/c1-21(2)34(38)41-18-8-9-24-12-15-29(28-11-7-10-27(24)28)30-16-13-25(19-31(30)37)26-14-17-32(42-35(39)22(3)4)33(20-26)43-36(40)23(5)6/h12-17,19-20H,1,3,5,7-11,18H2,2,4,6H3. The predicted octanol–water partition coefficient (Wildman–Crippen LogP) is 7.66. The van der Waals surface area contributed by atoms with Crippen LogP contribution in [-0.2, 0) is 38.4 Å². The zero-order valence-electron chi connectivity index (χ0n) is 24.8. The average molecular weight is 583 g/mol. The molecule has 0 spiro atoms. The number of hydrogen-bond acceptors (Lipinski definition) is 6. The summed E-state index contributed by atoms with van der Waals surface area (Å²) in [4.78, 5) is 36.0. The number of carbonyl (C=O) groups excluding carboxylic acids is 3. The molecule has 0 heterocycles. The van der Waals surface area contributed by atoms with Gasteiger partial charge in [0.2, 0.25) is 0 Å². The third-order valence-corrected chi connectivity index (χ3v) is 7.19. The van der Waals surface area contributed by atoms with Crippen molar-refractivity contribution in [3.05, 3.63) is 107 Å². The Balaban J connectivity index is 1.60. The van der Waals surface area contributed by atoms with Crippen molar-refractivity contribution in [1.29, 1.82) is 0 Å². The highest BCUT2D eigenvalue weighted by atomic mass is 19.1. The zero-order chi connectivity index (χ0) is 31.3. The molecule has 1 aliphatic rings. The van der Waals surface area contributed by atoms with Crippen LogP contribution in [0.3, 0.4) is 0 Å². The highest BCUT2D eigenvalue weighted by Gasteiger charge is 2.22. The van der Waals surface area contributed by atoms with Gasteiger partial charge in [-0.3, -0.25) is 0 Å². The van der Waals surface area contributed by atoms with Crippen LogP contribution in [0, 0.1) is 5.82 Å². The Kier molecular flexibility index (Phi) is 9.76. The van der Waals surface area contributed by atoms with Gasteiger partial charge in [0.15, 0.2) is 11.5 Å². The van der Waals surface area contributed by atoms with Crippen LogP contribution in [0.25, 0.3) is 22.3 Å². The third kappa shape index (κ3) is 7.36. The molecule has 0 radical (unpaired) electrons. The lowest BCUT2D eigenvalue weighted by Crippen LogP contribution is -2.12. The van der Waals surface area contributed by atoms with Crippen molar-refractivity contribution in [2.24, 2.45) is 0 Å². The monoisotopic (exact) mass is 582 g/mol. The van der Waals surface area contributed by atoms with E-state index in [0.29, 0.717) is 35.3 Å². The van der Waals surface area contributed by atoms with E-state index in [0.717, 1.165) is 36.8 Å². The molecule has 1 aliphatic carbocycles. The van der Waals surface area contributed by atoms with Crippen molar-refractivity contribution in [1.82, 2.24) is 0 Å². The minimum Gasteiger partial charge on any atom is -0.462 e. The van der Waals surface area contributed by atoms with Crippen LogP contribution >= 0.6 is 0 Å². The summed E-state index contributed by atoms with van der Waals surface area (Å²) in [5.74, 6) is -2.08. The maximum Gasteiger partial charge on any atom is 0.338 e. The molecule has 3 aromatic rings. The predicted molar refractivity (Wildman–Crippen MR) is 164 cm³/mol. The SMILES string of the molecule is C=C(C)C(=O)OCCCc1ccc(-c2ccc(-c3ccc(OC(=O)C(=C)C)c(OC(=O)C(=C)C)c3)cc2F)c2c1CCC2. The maximum absolute atomic E-state index is 15.7. The van der Waals surface area contributed by atoms with E-state index >= 15 is 4.39 Å². The van der Waals surface area contributed by atoms with Crippen LogP contribution in [0.4, 0.5) is 4.39 Å². The molecule has 0 unspecified atom stereocenters.